The van der Waals surface area contributed by atoms with Gasteiger partial charge in [0, 0.05) is 13.1 Å². The molecule has 0 unspecified atom stereocenters. The Labute approximate surface area is 127 Å². The number of rotatable bonds is 1. The van der Waals surface area contributed by atoms with Gasteiger partial charge in [-0.3, -0.25) is 0 Å². The van der Waals surface area contributed by atoms with E-state index >= 15 is 0 Å². The maximum atomic E-state index is 12.0. The van der Waals surface area contributed by atoms with Crippen LogP contribution in [-0.2, 0) is 4.74 Å². The first kappa shape index (κ1) is 15.6. The average molecular weight is 287 g/mol. The Morgan fingerprint density at radius 2 is 1.67 bits per heavy atom. The standard InChI is InChI=1S/C18H25NO2/c1-14(15-8-6-5-7-9-15)16-10-12-19(13-11-16)17(20)21-18(2,3)4/h5-9H,10-13H2,1-4H3. The van der Waals surface area contributed by atoms with E-state index in [9.17, 15) is 4.79 Å². The predicted molar refractivity (Wildman–Crippen MR) is 86.1 cm³/mol. The fourth-order valence-electron chi connectivity index (χ4n) is 2.55. The van der Waals surface area contributed by atoms with Crippen LogP contribution >= 0.6 is 0 Å². The molecule has 3 nitrogen and oxygen atoms in total. The summed E-state index contributed by atoms with van der Waals surface area (Å²) >= 11 is 0. The fraction of sp³-hybridized carbons (Fsp3) is 0.500. The highest BCUT2D eigenvalue weighted by Gasteiger charge is 2.25. The lowest BCUT2D eigenvalue weighted by atomic mass is 9.94. The molecule has 1 aromatic rings. The van der Waals surface area contributed by atoms with Crippen molar-refractivity contribution in [2.45, 2.75) is 46.1 Å². The molecule has 0 radical (unpaired) electrons. The van der Waals surface area contributed by atoms with Gasteiger partial charge in [0.25, 0.3) is 0 Å². The third-order valence-electron chi connectivity index (χ3n) is 3.76. The van der Waals surface area contributed by atoms with Gasteiger partial charge in [-0.05, 0) is 51.7 Å². The number of piperidine rings is 1. The second-order valence-electron chi connectivity index (χ2n) is 6.56. The summed E-state index contributed by atoms with van der Waals surface area (Å²) in [4.78, 5) is 13.9. The lowest BCUT2D eigenvalue weighted by Crippen LogP contribution is -2.40. The van der Waals surface area contributed by atoms with E-state index < -0.39 is 5.60 Å². The maximum Gasteiger partial charge on any atom is 0.410 e. The van der Waals surface area contributed by atoms with Gasteiger partial charge < -0.3 is 9.64 Å². The van der Waals surface area contributed by atoms with E-state index in [1.54, 1.807) is 0 Å². The third kappa shape index (κ3) is 4.35. The van der Waals surface area contributed by atoms with E-state index in [4.69, 9.17) is 4.74 Å². The van der Waals surface area contributed by atoms with Crippen molar-refractivity contribution in [2.24, 2.45) is 0 Å². The average Bonchev–Trinajstić information content (AvgIpc) is 2.46. The molecule has 1 aliphatic heterocycles. The SMILES string of the molecule is CC(=C1CCN(C(=O)OC(C)(C)C)CC1)c1ccccc1. The lowest BCUT2D eigenvalue weighted by molar-refractivity contribution is 0.0236. The van der Waals surface area contributed by atoms with Crippen molar-refractivity contribution in [3.05, 3.63) is 41.5 Å². The van der Waals surface area contributed by atoms with E-state index in [-0.39, 0.29) is 6.09 Å². The largest absolute Gasteiger partial charge is 0.444 e. The van der Waals surface area contributed by atoms with Crippen molar-refractivity contribution in [3.8, 4) is 0 Å². The number of ether oxygens (including phenoxy) is 1. The van der Waals surface area contributed by atoms with Gasteiger partial charge in [-0.1, -0.05) is 35.9 Å². The van der Waals surface area contributed by atoms with Gasteiger partial charge in [0.05, 0.1) is 0 Å². The van der Waals surface area contributed by atoms with E-state index in [1.165, 1.54) is 16.7 Å². The molecule has 0 aromatic heterocycles. The third-order valence-corrected chi connectivity index (χ3v) is 3.76. The molecule has 2 rings (SSSR count). The molecule has 21 heavy (non-hydrogen) atoms. The van der Waals surface area contributed by atoms with Crippen molar-refractivity contribution in [1.82, 2.24) is 4.90 Å². The van der Waals surface area contributed by atoms with Crippen LogP contribution in [0.2, 0.25) is 0 Å². The van der Waals surface area contributed by atoms with Gasteiger partial charge in [0.1, 0.15) is 5.60 Å². The zero-order valence-electron chi connectivity index (χ0n) is 13.5. The van der Waals surface area contributed by atoms with Crippen molar-refractivity contribution >= 4 is 11.7 Å². The number of carbonyl (C=O) groups is 1. The minimum atomic E-state index is -0.423. The van der Waals surface area contributed by atoms with Crippen LogP contribution in [0.3, 0.4) is 0 Å². The minimum Gasteiger partial charge on any atom is -0.444 e. The number of hydrogen-bond donors (Lipinski definition) is 0. The summed E-state index contributed by atoms with van der Waals surface area (Å²) in [6.45, 7) is 9.37. The van der Waals surface area contributed by atoms with Crippen LogP contribution in [0.4, 0.5) is 4.79 Å². The van der Waals surface area contributed by atoms with Crippen LogP contribution in [0.15, 0.2) is 35.9 Å². The monoisotopic (exact) mass is 287 g/mol. The molecule has 0 bridgehead atoms. The summed E-state index contributed by atoms with van der Waals surface area (Å²) in [5, 5.41) is 0. The molecule has 1 aliphatic rings. The summed E-state index contributed by atoms with van der Waals surface area (Å²) in [6.07, 6.45) is 1.67. The van der Waals surface area contributed by atoms with Gasteiger partial charge in [-0.2, -0.15) is 0 Å². The van der Waals surface area contributed by atoms with Crippen molar-refractivity contribution < 1.29 is 9.53 Å². The molecular formula is C18H25NO2. The second kappa shape index (κ2) is 6.33. The van der Waals surface area contributed by atoms with Gasteiger partial charge in [0.15, 0.2) is 0 Å². The van der Waals surface area contributed by atoms with Crippen LogP contribution in [-0.4, -0.2) is 29.7 Å². The molecule has 1 amide bonds. The van der Waals surface area contributed by atoms with Crippen molar-refractivity contribution in [2.75, 3.05) is 13.1 Å². The van der Waals surface area contributed by atoms with E-state index in [2.05, 4.69) is 31.2 Å². The molecule has 0 atom stereocenters. The quantitative estimate of drug-likeness (QED) is 0.761. The minimum absolute atomic E-state index is 0.195. The summed E-state index contributed by atoms with van der Waals surface area (Å²) in [5.74, 6) is 0. The molecule has 0 saturated carbocycles. The number of benzene rings is 1. The molecule has 0 aliphatic carbocycles. The highest BCUT2D eigenvalue weighted by molar-refractivity contribution is 5.70. The van der Waals surface area contributed by atoms with Gasteiger partial charge >= 0.3 is 6.09 Å². The number of allylic oxidation sites excluding steroid dienone is 1. The Bertz CT molecular complexity index is 516. The molecule has 1 saturated heterocycles. The van der Waals surface area contributed by atoms with Crippen LogP contribution < -0.4 is 0 Å². The smallest absolute Gasteiger partial charge is 0.410 e. The molecule has 1 aromatic carbocycles. The summed E-state index contributed by atoms with van der Waals surface area (Å²) in [7, 11) is 0. The van der Waals surface area contributed by atoms with Crippen LogP contribution in [0.25, 0.3) is 5.57 Å². The fourth-order valence-corrected chi connectivity index (χ4v) is 2.55. The summed E-state index contributed by atoms with van der Waals surface area (Å²) < 4.78 is 5.43. The molecule has 0 N–H and O–H groups in total. The van der Waals surface area contributed by atoms with Gasteiger partial charge in [0.2, 0.25) is 0 Å². The molecule has 1 heterocycles. The van der Waals surface area contributed by atoms with Crippen molar-refractivity contribution in [3.63, 3.8) is 0 Å². The molecule has 0 spiro atoms. The Kier molecular flexibility index (Phi) is 4.71. The van der Waals surface area contributed by atoms with E-state index in [0.29, 0.717) is 0 Å². The number of amides is 1. The molecular weight excluding hydrogens is 262 g/mol. The van der Waals surface area contributed by atoms with Crippen LogP contribution in [0.5, 0.6) is 0 Å². The van der Waals surface area contributed by atoms with Crippen molar-refractivity contribution in [1.29, 1.82) is 0 Å². The molecule has 3 heteroatoms. The van der Waals surface area contributed by atoms with Crippen LogP contribution in [0.1, 0.15) is 46.1 Å². The molecule has 114 valence electrons. The number of nitrogens with zero attached hydrogens (tertiary/aromatic N) is 1. The highest BCUT2D eigenvalue weighted by atomic mass is 16.6. The topological polar surface area (TPSA) is 29.5 Å². The van der Waals surface area contributed by atoms with Gasteiger partial charge in [-0.15, -0.1) is 0 Å². The van der Waals surface area contributed by atoms with E-state index in [0.717, 1.165) is 25.9 Å². The van der Waals surface area contributed by atoms with E-state index in [1.807, 2.05) is 31.7 Å². The zero-order valence-corrected chi connectivity index (χ0v) is 13.5. The number of likely N-dealkylation sites (tertiary alicyclic amines) is 1. The first-order valence-electron chi connectivity index (χ1n) is 7.59. The summed E-state index contributed by atoms with van der Waals surface area (Å²) in [6, 6.07) is 10.4. The Hall–Kier alpha value is -1.77. The lowest BCUT2D eigenvalue weighted by Gasteiger charge is -2.31. The normalized spacial score (nSPS) is 15.8. The number of carbonyl (C=O) groups excluding carboxylic acids is 1. The zero-order chi connectivity index (χ0) is 15.5. The summed E-state index contributed by atoms with van der Waals surface area (Å²) in [5.41, 5.74) is 3.64. The Morgan fingerprint density at radius 1 is 1.10 bits per heavy atom. The second-order valence-corrected chi connectivity index (χ2v) is 6.56. The number of hydrogen-bond acceptors (Lipinski definition) is 2. The molecule has 1 fully saturated rings. The maximum absolute atomic E-state index is 12.0. The predicted octanol–water partition coefficient (Wildman–Crippen LogP) is 4.49. The van der Waals surface area contributed by atoms with Crippen LogP contribution in [0, 0.1) is 0 Å². The van der Waals surface area contributed by atoms with Gasteiger partial charge in [-0.25, -0.2) is 4.79 Å². The Morgan fingerprint density at radius 3 is 2.19 bits per heavy atom. The first-order chi connectivity index (χ1) is 9.87. The highest BCUT2D eigenvalue weighted by Crippen LogP contribution is 2.26. The first-order valence-corrected chi connectivity index (χ1v) is 7.59. The Balaban J connectivity index is 1.99.